The summed E-state index contributed by atoms with van der Waals surface area (Å²) in [6.45, 7) is 1.72. The molecule has 0 saturated carbocycles. The number of urea groups is 1. The second-order valence-electron chi connectivity index (χ2n) is 6.49. The van der Waals surface area contributed by atoms with Gasteiger partial charge in [0.05, 0.1) is 0 Å². The van der Waals surface area contributed by atoms with Gasteiger partial charge in [0, 0.05) is 16.6 Å². The van der Waals surface area contributed by atoms with Crippen molar-refractivity contribution < 1.29 is 14.4 Å². The van der Waals surface area contributed by atoms with E-state index in [2.05, 4.69) is 10.6 Å². The van der Waals surface area contributed by atoms with E-state index in [1.807, 2.05) is 0 Å². The van der Waals surface area contributed by atoms with E-state index < -0.39 is 23.4 Å². The lowest BCUT2D eigenvalue weighted by Gasteiger charge is -2.25. The van der Waals surface area contributed by atoms with Gasteiger partial charge in [-0.25, -0.2) is 4.79 Å². The number of amides is 4. The van der Waals surface area contributed by atoms with Crippen LogP contribution >= 0.6 is 23.2 Å². The normalized spacial score (nSPS) is 18.9. The van der Waals surface area contributed by atoms with Crippen LogP contribution in [-0.4, -0.2) is 29.3 Å². The molecule has 1 aliphatic heterocycles. The summed E-state index contributed by atoms with van der Waals surface area (Å²) >= 11 is 11.8. The van der Waals surface area contributed by atoms with Crippen molar-refractivity contribution in [2.24, 2.45) is 0 Å². The van der Waals surface area contributed by atoms with E-state index in [0.717, 1.165) is 10.5 Å². The molecule has 4 amide bonds. The maximum atomic E-state index is 13.0. The zero-order chi connectivity index (χ0) is 20.3. The number of benzene rings is 2. The van der Waals surface area contributed by atoms with Crippen LogP contribution in [0.4, 0.5) is 4.79 Å². The molecule has 1 heterocycles. The summed E-state index contributed by atoms with van der Waals surface area (Å²) in [5, 5.41) is 6.58. The van der Waals surface area contributed by atoms with Crippen LogP contribution in [0.2, 0.25) is 10.0 Å². The number of carbonyl (C=O) groups is 3. The van der Waals surface area contributed by atoms with Crippen LogP contribution in [-0.2, 0) is 21.7 Å². The molecule has 0 radical (unpaired) electrons. The fourth-order valence-electron chi connectivity index (χ4n) is 3.15. The zero-order valence-corrected chi connectivity index (χ0v) is 16.7. The number of hydrogen-bond donors (Lipinski definition) is 2. The van der Waals surface area contributed by atoms with Crippen molar-refractivity contribution in [2.75, 3.05) is 6.54 Å². The van der Waals surface area contributed by atoms with Crippen molar-refractivity contribution in [1.82, 2.24) is 15.5 Å². The minimum Gasteiger partial charge on any atom is -0.350 e. The van der Waals surface area contributed by atoms with Gasteiger partial charge in [-0.1, -0.05) is 54.4 Å². The van der Waals surface area contributed by atoms with Gasteiger partial charge >= 0.3 is 6.03 Å². The third kappa shape index (κ3) is 3.98. The van der Waals surface area contributed by atoms with Crippen molar-refractivity contribution in [2.45, 2.75) is 25.4 Å². The van der Waals surface area contributed by atoms with E-state index in [1.165, 1.54) is 0 Å². The highest BCUT2D eigenvalue weighted by molar-refractivity contribution is 6.30. The highest BCUT2D eigenvalue weighted by Crippen LogP contribution is 2.32. The molecule has 1 aliphatic rings. The van der Waals surface area contributed by atoms with Gasteiger partial charge in [-0.15, -0.1) is 0 Å². The first kappa shape index (κ1) is 20.2. The fourth-order valence-corrected chi connectivity index (χ4v) is 3.40. The zero-order valence-electron chi connectivity index (χ0n) is 15.2. The van der Waals surface area contributed by atoms with Crippen molar-refractivity contribution >= 4 is 41.0 Å². The topological polar surface area (TPSA) is 78.5 Å². The van der Waals surface area contributed by atoms with Crippen LogP contribution in [0.15, 0.2) is 48.5 Å². The van der Waals surface area contributed by atoms with Gasteiger partial charge in [-0.05, 0) is 41.8 Å². The molecule has 28 heavy (non-hydrogen) atoms. The first-order valence-electron chi connectivity index (χ1n) is 8.77. The van der Waals surface area contributed by atoms with Gasteiger partial charge in [-0.3, -0.25) is 14.5 Å². The lowest BCUT2D eigenvalue weighted by atomic mass is 9.87. The Morgan fingerprint density at radius 2 is 1.61 bits per heavy atom. The lowest BCUT2D eigenvalue weighted by molar-refractivity contribution is -0.135. The predicted octanol–water partition coefficient (Wildman–Crippen LogP) is 3.47. The average molecular weight is 420 g/mol. The molecule has 146 valence electrons. The summed E-state index contributed by atoms with van der Waals surface area (Å²) in [4.78, 5) is 38.7. The lowest BCUT2D eigenvalue weighted by Crippen LogP contribution is -2.44. The SMILES string of the molecule is CCC1(c2ccc(Cl)cc2)NC(=O)N(CC(=O)NCc2ccc(Cl)cc2)C1=O. The van der Waals surface area contributed by atoms with Crippen LogP contribution in [0.3, 0.4) is 0 Å². The summed E-state index contributed by atoms with van der Waals surface area (Å²) < 4.78 is 0. The summed E-state index contributed by atoms with van der Waals surface area (Å²) in [6, 6.07) is 13.2. The van der Waals surface area contributed by atoms with Gasteiger partial charge in [0.15, 0.2) is 0 Å². The van der Waals surface area contributed by atoms with Gasteiger partial charge in [0.1, 0.15) is 12.1 Å². The first-order valence-corrected chi connectivity index (χ1v) is 9.52. The number of nitrogens with one attached hydrogen (secondary N) is 2. The Kier molecular flexibility index (Phi) is 5.91. The van der Waals surface area contributed by atoms with Gasteiger partial charge in [-0.2, -0.15) is 0 Å². The van der Waals surface area contributed by atoms with Crippen molar-refractivity contribution in [3.63, 3.8) is 0 Å². The molecule has 0 aromatic heterocycles. The molecule has 2 N–H and O–H groups in total. The molecule has 3 rings (SSSR count). The van der Waals surface area contributed by atoms with E-state index in [4.69, 9.17) is 23.2 Å². The Labute approximate surface area is 172 Å². The summed E-state index contributed by atoms with van der Waals surface area (Å²) in [5.74, 6) is -0.884. The number of halogens is 2. The molecule has 2 aromatic carbocycles. The number of nitrogens with zero attached hydrogens (tertiary/aromatic N) is 1. The molecule has 1 atom stereocenters. The Morgan fingerprint density at radius 1 is 1.04 bits per heavy atom. The van der Waals surface area contributed by atoms with E-state index in [0.29, 0.717) is 22.0 Å². The number of hydrogen-bond acceptors (Lipinski definition) is 3. The molecule has 6 nitrogen and oxygen atoms in total. The Balaban J connectivity index is 1.69. The summed E-state index contributed by atoms with van der Waals surface area (Å²) in [5.41, 5.74) is 0.291. The standard InChI is InChI=1S/C20H19Cl2N3O3/c1-2-20(14-5-9-16(22)10-6-14)18(27)25(19(28)24-20)12-17(26)23-11-13-3-7-15(21)8-4-13/h3-10H,2,11-12H2,1H3,(H,23,26)(H,24,28). The van der Waals surface area contributed by atoms with Crippen LogP contribution in [0.5, 0.6) is 0 Å². The molecule has 1 saturated heterocycles. The molecule has 0 aliphatic carbocycles. The molecular weight excluding hydrogens is 401 g/mol. The molecule has 2 aromatic rings. The molecule has 8 heteroatoms. The van der Waals surface area contributed by atoms with Gasteiger partial charge in [0.2, 0.25) is 5.91 Å². The van der Waals surface area contributed by atoms with Crippen molar-refractivity contribution in [3.05, 3.63) is 69.7 Å². The maximum absolute atomic E-state index is 13.0. The van der Waals surface area contributed by atoms with Crippen LogP contribution < -0.4 is 10.6 Å². The minimum absolute atomic E-state index is 0.274. The van der Waals surface area contributed by atoms with Gasteiger partial charge in [0.25, 0.3) is 5.91 Å². The Hall–Kier alpha value is -2.57. The second kappa shape index (κ2) is 8.20. The summed E-state index contributed by atoms with van der Waals surface area (Å²) in [6.07, 6.45) is 0.349. The summed E-state index contributed by atoms with van der Waals surface area (Å²) in [7, 11) is 0. The molecule has 0 spiro atoms. The van der Waals surface area contributed by atoms with E-state index in [-0.39, 0.29) is 13.1 Å². The maximum Gasteiger partial charge on any atom is 0.325 e. The van der Waals surface area contributed by atoms with E-state index in [9.17, 15) is 14.4 Å². The third-order valence-electron chi connectivity index (χ3n) is 4.75. The van der Waals surface area contributed by atoms with Crippen molar-refractivity contribution in [3.8, 4) is 0 Å². The highest BCUT2D eigenvalue weighted by atomic mass is 35.5. The first-order chi connectivity index (χ1) is 13.4. The fraction of sp³-hybridized carbons (Fsp3) is 0.250. The largest absolute Gasteiger partial charge is 0.350 e. The second-order valence-corrected chi connectivity index (χ2v) is 7.36. The Morgan fingerprint density at radius 3 is 2.18 bits per heavy atom. The smallest absolute Gasteiger partial charge is 0.325 e. The highest BCUT2D eigenvalue weighted by Gasteiger charge is 2.51. The monoisotopic (exact) mass is 419 g/mol. The number of imide groups is 1. The average Bonchev–Trinajstić information content (AvgIpc) is 2.93. The van der Waals surface area contributed by atoms with Crippen LogP contribution in [0.1, 0.15) is 24.5 Å². The van der Waals surface area contributed by atoms with Gasteiger partial charge < -0.3 is 10.6 Å². The molecule has 1 unspecified atom stereocenters. The third-order valence-corrected chi connectivity index (χ3v) is 5.25. The van der Waals surface area contributed by atoms with Crippen molar-refractivity contribution in [1.29, 1.82) is 0 Å². The van der Waals surface area contributed by atoms with E-state index >= 15 is 0 Å². The van der Waals surface area contributed by atoms with Crippen LogP contribution in [0.25, 0.3) is 0 Å². The molecular formula is C20H19Cl2N3O3. The molecule has 0 bridgehead atoms. The minimum atomic E-state index is -1.20. The van der Waals surface area contributed by atoms with Crippen LogP contribution in [0, 0.1) is 0 Å². The predicted molar refractivity (Wildman–Crippen MR) is 107 cm³/mol. The number of rotatable bonds is 6. The van der Waals surface area contributed by atoms with E-state index in [1.54, 1.807) is 55.5 Å². The Bertz CT molecular complexity index is 900. The quantitative estimate of drug-likeness (QED) is 0.703. The number of carbonyl (C=O) groups excluding carboxylic acids is 3. The molecule has 1 fully saturated rings.